The monoisotopic (exact) mass is 312 g/mol. The van der Waals surface area contributed by atoms with Gasteiger partial charge in [0.05, 0.1) is 0 Å². The molecule has 0 aromatic carbocycles. The second-order valence-electron chi connectivity index (χ2n) is 7.75. The molecule has 0 radical (unpaired) electrons. The lowest BCUT2D eigenvalue weighted by Crippen LogP contribution is -2.52. The average molecular weight is 313 g/mol. The lowest BCUT2D eigenvalue weighted by Gasteiger charge is -2.37. The highest BCUT2D eigenvalue weighted by Crippen LogP contribution is 2.33. The minimum Gasteiger partial charge on any atom is -0.532 e. The molecule has 0 rings (SSSR count). The van der Waals surface area contributed by atoms with Gasteiger partial charge in [0.25, 0.3) is 0 Å². The Morgan fingerprint density at radius 1 is 1.15 bits per heavy atom. The number of rotatable bonds is 7. The van der Waals surface area contributed by atoms with E-state index in [1.54, 1.807) is 6.21 Å². The van der Waals surface area contributed by atoms with Crippen molar-refractivity contribution in [2.24, 2.45) is 4.99 Å². The van der Waals surface area contributed by atoms with Gasteiger partial charge in [-0.25, -0.2) is 4.99 Å². The number of hydrogen-bond donors (Lipinski definition) is 1. The molecule has 3 nitrogen and oxygen atoms in total. The summed E-state index contributed by atoms with van der Waals surface area (Å²) < 4.78 is 5.68. The molecule has 0 spiro atoms. The summed E-state index contributed by atoms with van der Waals surface area (Å²) in [7, 11) is -3.10. The molecule has 0 aromatic heterocycles. The summed E-state index contributed by atoms with van der Waals surface area (Å²) in [6, 6.07) is 0. The maximum Gasteiger partial charge on any atom is 0.244 e. The molecule has 0 saturated heterocycles. The van der Waals surface area contributed by atoms with Crippen molar-refractivity contribution in [1.29, 1.82) is 0 Å². The van der Waals surface area contributed by atoms with E-state index in [-0.39, 0.29) is 0 Å². The quantitative estimate of drug-likeness (QED) is 0.425. The van der Waals surface area contributed by atoms with Gasteiger partial charge in [0.1, 0.15) is 8.24 Å². The standard InChI is InChI=1S/C15H32N2OSi2/c1-13(11-16-14(2)18-19(6,7)8)12-17-20(9,10)15(3,4)5/h11,17H,1-2,12H2,3-10H3. The summed E-state index contributed by atoms with van der Waals surface area (Å²) >= 11 is 0. The third-order valence-electron chi connectivity index (χ3n) is 3.45. The number of aliphatic imine (C=N–C) groups is 1. The van der Waals surface area contributed by atoms with Gasteiger partial charge in [0.15, 0.2) is 5.88 Å². The van der Waals surface area contributed by atoms with Crippen LogP contribution in [0.2, 0.25) is 37.8 Å². The van der Waals surface area contributed by atoms with Crippen molar-refractivity contribution in [1.82, 2.24) is 4.98 Å². The third-order valence-corrected chi connectivity index (χ3v) is 9.11. The van der Waals surface area contributed by atoms with E-state index < -0.39 is 16.6 Å². The Bertz CT molecular complexity index is 388. The van der Waals surface area contributed by atoms with Crippen LogP contribution in [0.4, 0.5) is 0 Å². The van der Waals surface area contributed by atoms with Crippen LogP contribution in [0.15, 0.2) is 29.6 Å². The highest BCUT2D eigenvalue weighted by molar-refractivity contribution is 6.77. The molecular formula is C15H32N2OSi2. The highest BCUT2D eigenvalue weighted by Gasteiger charge is 2.34. The SMILES string of the molecule is C=C(C=NC(=C)O[Si](C)(C)C)CN[Si](C)(C)C(C)(C)C. The summed E-state index contributed by atoms with van der Waals surface area (Å²) in [4.78, 5) is 7.90. The first-order chi connectivity index (χ1) is 8.74. The molecule has 0 atom stereocenters. The molecule has 116 valence electrons. The van der Waals surface area contributed by atoms with Gasteiger partial charge in [-0.2, -0.15) is 0 Å². The molecular weight excluding hydrogens is 280 g/mol. The van der Waals surface area contributed by atoms with Gasteiger partial charge in [0.2, 0.25) is 8.32 Å². The third kappa shape index (κ3) is 7.82. The summed E-state index contributed by atoms with van der Waals surface area (Å²) in [6.07, 6.45) is 1.75. The normalized spacial score (nSPS) is 13.6. The van der Waals surface area contributed by atoms with Crippen molar-refractivity contribution < 1.29 is 4.43 Å². The highest BCUT2D eigenvalue weighted by atomic mass is 28.4. The fourth-order valence-corrected chi connectivity index (χ4v) is 3.15. The van der Waals surface area contributed by atoms with Crippen molar-refractivity contribution in [3.63, 3.8) is 0 Å². The fourth-order valence-electron chi connectivity index (χ4n) is 1.19. The molecule has 0 aliphatic heterocycles. The van der Waals surface area contributed by atoms with Crippen LogP contribution in [0.1, 0.15) is 20.8 Å². The molecule has 0 amide bonds. The summed E-state index contributed by atoms with van der Waals surface area (Å²) in [6.45, 7) is 26.5. The van der Waals surface area contributed by atoms with Gasteiger partial charge in [0, 0.05) is 12.8 Å². The molecule has 0 unspecified atom stereocenters. The molecule has 5 heteroatoms. The first-order valence-electron chi connectivity index (χ1n) is 7.09. The van der Waals surface area contributed by atoms with E-state index in [1.807, 2.05) is 0 Å². The minimum absolute atomic E-state index is 0.314. The van der Waals surface area contributed by atoms with Crippen molar-refractivity contribution in [3.05, 3.63) is 24.6 Å². The van der Waals surface area contributed by atoms with Crippen molar-refractivity contribution in [2.75, 3.05) is 6.54 Å². The van der Waals surface area contributed by atoms with Crippen LogP contribution in [-0.2, 0) is 4.43 Å². The summed E-state index contributed by atoms with van der Waals surface area (Å²) in [5.41, 5.74) is 0.954. The topological polar surface area (TPSA) is 33.6 Å². The van der Waals surface area contributed by atoms with Crippen LogP contribution >= 0.6 is 0 Å². The molecule has 1 N–H and O–H groups in total. The molecule has 0 saturated carbocycles. The summed E-state index contributed by atoms with van der Waals surface area (Å²) in [5.74, 6) is 0.484. The molecule has 0 aromatic rings. The molecule has 0 heterocycles. The largest absolute Gasteiger partial charge is 0.532 e. The first kappa shape index (κ1) is 19.3. The number of hydrogen-bond acceptors (Lipinski definition) is 3. The Labute approximate surface area is 127 Å². The van der Waals surface area contributed by atoms with E-state index in [0.717, 1.165) is 12.1 Å². The smallest absolute Gasteiger partial charge is 0.244 e. The van der Waals surface area contributed by atoms with E-state index >= 15 is 0 Å². The van der Waals surface area contributed by atoms with Crippen molar-refractivity contribution in [2.45, 2.75) is 58.5 Å². The lowest BCUT2D eigenvalue weighted by molar-refractivity contribution is 0.421. The maximum atomic E-state index is 5.68. The van der Waals surface area contributed by atoms with Crippen LogP contribution in [-0.4, -0.2) is 29.3 Å². The molecule has 0 fully saturated rings. The lowest BCUT2D eigenvalue weighted by atomic mass is 10.2. The Balaban J connectivity index is 4.36. The first-order valence-corrected chi connectivity index (χ1v) is 13.5. The van der Waals surface area contributed by atoms with E-state index in [9.17, 15) is 0 Å². The predicted molar refractivity (Wildman–Crippen MR) is 96.4 cm³/mol. The second-order valence-corrected chi connectivity index (χ2v) is 17.3. The molecule has 0 bridgehead atoms. The van der Waals surface area contributed by atoms with Crippen LogP contribution in [0.3, 0.4) is 0 Å². The Kier molecular flexibility index (Phi) is 6.64. The molecule has 20 heavy (non-hydrogen) atoms. The van der Waals surface area contributed by atoms with E-state index in [1.165, 1.54) is 0 Å². The van der Waals surface area contributed by atoms with Crippen LogP contribution < -0.4 is 4.98 Å². The van der Waals surface area contributed by atoms with E-state index in [4.69, 9.17) is 4.43 Å². The number of nitrogens with one attached hydrogen (secondary N) is 1. The average Bonchev–Trinajstić information content (AvgIpc) is 2.19. The van der Waals surface area contributed by atoms with Gasteiger partial charge < -0.3 is 9.41 Å². The van der Waals surface area contributed by atoms with Gasteiger partial charge in [-0.3, -0.25) is 0 Å². The van der Waals surface area contributed by atoms with Gasteiger partial charge in [-0.1, -0.05) is 40.4 Å². The van der Waals surface area contributed by atoms with Gasteiger partial charge in [-0.05, 0) is 36.8 Å². The minimum atomic E-state index is -1.62. The van der Waals surface area contributed by atoms with Crippen LogP contribution in [0, 0.1) is 0 Å². The number of nitrogens with zero attached hydrogens (tertiary/aromatic N) is 1. The molecule has 0 aliphatic carbocycles. The zero-order valence-corrected chi connectivity index (χ0v) is 16.6. The Morgan fingerprint density at radius 2 is 1.65 bits per heavy atom. The Hall–Kier alpha value is -0.656. The van der Waals surface area contributed by atoms with Gasteiger partial charge in [-0.15, -0.1) is 0 Å². The van der Waals surface area contributed by atoms with Gasteiger partial charge >= 0.3 is 0 Å². The van der Waals surface area contributed by atoms with Crippen LogP contribution in [0.25, 0.3) is 0 Å². The van der Waals surface area contributed by atoms with E-state index in [2.05, 4.69) is 76.6 Å². The second kappa shape index (κ2) is 6.87. The maximum absolute atomic E-state index is 5.68. The summed E-state index contributed by atoms with van der Waals surface area (Å²) in [5, 5.41) is 0.314. The molecule has 0 aliphatic rings. The fraction of sp³-hybridized carbons (Fsp3) is 0.667. The van der Waals surface area contributed by atoms with Crippen LogP contribution in [0.5, 0.6) is 0 Å². The zero-order chi connectivity index (χ0) is 16.2. The predicted octanol–water partition coefficient (Wildman–Crippen LogP) is 4.53. The van der Waals surface area contributed by atoms with Crippen molar-refractivity contribution >= 4 is 22.8 Å². The van der Waals surface area contributed by atoms with E-state index in [0.29, 0.717) is 10.9 Å². The zero-order valence-electron chi connectivity index (χ0n) is 14.6. The van der Waals surface area contributed by atoms with Crippen molar-refractivity contribution in [3.8, 4) is 0 Å². The Morgan fingerprint density at radius 3 is 2.05 bits per heavy atom.